The van der Waals surface area contributed by atoms with Crippen LogP contribution in [0.2, 0.25) is 0 Å². The first kappa shape index (κ1) is 9.05. The maximum Gasteiger partial charge on any atom is 0.0456 e. The van der Waals surface area contributed by atoms with Crippen molar-refractivity contribution in [3.63, 3.8) is 0 Å². The third kappa shape index (κ3) is 2.48. The van der Waals surface area contributed by atoms with E-state index in [-0.39, 0.29) is 0 Å². The Morgan fingerprint density at radius 3 is 2.36 bits per heavy atom. The van der Waals surface area contributed by atoms with Gasteiger partial charge in [0.05, 0.1) is 0 Å². The van der Waals surface area contributed by atoms with Crippen LogP contribution < -0.4 is 0 Å². The van der Waals surface area contributed by atoms with Crippen LogP contribution in [-0.2, 0) is 0 Å². The van der Waals surface area contributed by atoms with Crippen LogP contribution in [0.5, 0.6) is 0 Å². The Kier molecular flexibility index (Phi) is 2.94. The summed E-state index contributed by atoms with van der Waals surface area (Å²) in [4.78, 5) is 0. The van der Waals surface area contributed by atoms with E-state index < -0.39 is 0 Å². The van der Waals surface area contributed by atoms with Crippen LogP contribution in [-0.4, -0.2) is 11.7 Å². The molecule has 0 saturated heterocycles. The molecule has 0 bridgehead atoms. The van der Waals surface area contributed by atoms with E-state index in [4.69, 9.17) is 5.11 Å². The van der Waals surface area contributed by atoms with Crippen molar-refractivity contribution in [2.45, 2.75) is 46.0 Å². The molecule has 0 aliphatic heterocycles. The van der Waals surface area contributed by atoms with Gasteiger partial charge in [-0.05, 0) is 30.6 Å². The molecule has 1 heteroatoms. The van der Waals surface area contributed by atoms with E-state index in [0.717, 1.165) is 0 Å². The molecule has 1 N–H and O–H groups in total. The van der Waals surface area contributed by atoms with Crippen molar-refractivity contribution in [2.75, 3.05) is 6.61 Å². The van der Waals surface area contributed by atoms with Gasteiger partial charge in [0.25, 0.3) is 0 Å². The van der Waals surface area contributed by atoms with Crippen molar-refractivity contribution >= 4 is 0 Å². The highest BCUT2D eigenvalue weighted by Gasteiger charge is 2.29. The van der Waals surface area contributed by atoms with Crippen LogP contribution in [0.4, 0.5) is 0 Å². The van der Waals surface area contributed by atoms with Gasteiger partial charge < -0.3 is 5.11 Å². The second-order valence-electron chi connectivity index (χ2n) is 4.51. The first-order chi connectivity index (χ1) is 5.16. The summed E-state index contributed by atoms with van der Waals surface area (Å²) in [6, 6.07) is 0. The predicted octanol–water partition coefficient (Wildman–Crippen LogP) is 2.59. The van der Waals surface area contributed by atoms with Crippen molar-refractivity contribution in [3.8, 4) is 0 Å². The van der Waals surface area contributed by atoms with Crippen LogP contribution >= 0.6 is 0 Å². The standard InChI is InChI=1S/C10H20O/c1-9(8-11)7-10(2)5-3-4-6-10/h9,11H,3-8H2,1-2H3. The molecule has 66 valence electrons. The van der Waals surface area contributed by atoms with Crippen LogP contribution in [0.3, 0.4) is 0 Å². The van der Waals surface area contributed by atoms with Crippen LogP contribution in [0, 0.1) is 11.3 Å². The first-order valence-corrected chi connectivity index (χ1v) is 4.77. The molecule has 1 fully saturated rings. The molecule has 0 amide bonds. The summed E-state index contributed by atoms with van der Waals surface area (Å²) in [5.74, 6) is 0.498. The van der Waals surface area contributed by atoms with Gasteiger partial charge in [-0.25, -0.2) is 0 Å². The highest BCUT2D eigenvalue weighted by molar-refractivity contribution is 4.81. The Bertz CT molecular complexity index is 114. The van der Waals surface area contributed by atoms with Gasteiger partial charge in [-0.1, -0.05) is 26.7 Å². The molecule has 1 atom stereocenters. The van der Waals surface area contributed by atoms with E-state index >= 15 is 0 Å². The summed E-state index contributed by atoms with van der Waals surface area (Å²) in [7, 11) is 0. The molecule has 0 radical (unpaired) electrons. The van der Waals surface area contributed by atoms with Crippen molar-refractivity contribution in [1.82, 2.24) is 0 Å². The van der Waals surface area contributed by atoms with Gasteiger partial charge in [0, 0.05) is 6.61 Å². The lowest BCUT2D eigenvalue weighted by molar-refractivity contribution is 0.174. The third-order valence-electron chi connectivity index (χ3n) is 2.96. The van der Waals surface area contributed by atoms with E-state index in [2.05, 4.69) is 13.8 Å². The molecule has 1 aliphatic rings. The molecule has 1 rings (SSSR count). The quantitative estimate of drug-likeness (QED) is 0.666. The number of hydrogen-bond donors (Lipinski definition) is 1. The van der Waals surface area contributed by atoms with Crippen molar-refractivity contribution in [3.05, 3.63) is 0 Å². The lowest BCUT2D eigenvalue weighted by Gasteiger charge is -2.26. The lowest BCUT2D eigenvalue weighted by Crippen LogP contribution is -2.17. The van der Waals surface area contributed by atoms with Gasteiger partial charge in [0.1, 0.15) is 0 Å². The number of hydrogen-bond acceptors (Lipinski definition) is 1. The molecular weight excluding hydrogens is 136 g/mol. The highest BCUT2D eigenvalue weighted by Crippen LogP contribution is 2.42. The molecule has 0 heterocycles. The van der Waals surface area contributed by atoms with E-state index in [1.165, 1.54) is 32.1 Å². The first-order valence-electron chi connectivity index (χ1n) is 4.77. The van der Waals surface area contributed by atoms with Gasteiger partial charge in [-0.15, -0.1) is 0 Å². The summed E-state index contributed by atoms with van der Waals surface area (Å²) in [6.07, 6.45) is 6.75. The molecule has 1 nitrogen and oxygen atoms in total. The molecule has 1 aliphatic carbocycles. The van der Waals surface area contributed by atoms with Crippen molar-refractivity contribution in [2.24, 2.45) is 11.3 Å². The number of aliphatic hydroxyl groups is 1. The normalized spacial score (nSPS) is 25.4. The van der Waals surface area contributed by atoms with Gasteiger partial charge >= 0.3 is 0 Å². The zero-order valence-corrected chi connectivity index (χ0v) is 7.77. The Labute approximate surface area is 69.8 Å². The van der Waals surface area contributed by atoms with E-state index in [1.54, 1.807) is 0 Å². The fraction of sp³-hybridized carbons (Fsp3) is 1.00. The third-order valence-corrected chi connectivity index (χ3v) is 2.96. The van der Waals surface area contributed by atoms with Gasteiger partial charge in [-0.2, -0.15) is 0 Å². The van der Waals surface area contributed by atoms with Crippen LogP contribution in [0.15, 0.2) is 0 Å². The van der Waals surface area contributed by atoms with Crippen molar-refractivity contribution < 1.29 is 5.11 Å². The number of aliphatic hydroxyl groups excluding tert-OH is 1. The summed E-state index contributed by atoms with van der Waals surface area (Å²) >= 11 is 0. The average molecular weight is 156 g/mol. The smallest absolute Gasteiger partial charge is 0.0456 e. The average Bonchev–Trinajstić information content (AvgIpc) is 2.36. The zero-order valence-electron chi connectivity index (χ0n) is 7.77. The summed E-state index contributed by atoms with van der Waals surface area (Å²) in [5.41, 5.74) is 0.558. The zero-order chi connectivity index (χ0) is 8.32. The summed E-state index contributed by atoms with van der Waals surface area (Å²) in [6.45, 7) is 4.87. The molecule has 11 heavy (non-hydrogen) atoms. The fourth-order valence-corrected chi connectivity index (χ4v) is 2.34. The molecular formula is C10H20O. The van der Waals surface area contributed by atoms with E-state index in [1.807, 2.05) is 0 Å². The molecule has 0 spiro atoms. The predicted molar refractivity (Wildman–Crippen MR) is 47.4 cm³/mol. The number of rotatable bonds is 3. The van der Waals surface area contributed by atoms with Gasteiger partial charge in [0.15, 0.2) is 0 Å². The SMILES string of the molecule is CC(CO)CC1(C)CCCC1. The molecule has 0 aromatic carbocycles. The van der Waals surface area contributed by atoms with E-state index in [9.17, 15) is 0 Å². The Morgan fingerprint density at radius 1 is 1.36 bits per heavy atom. The fourth-order valence-electron chi connectivity index (χ4n) is 2.34. The molecule has 1 unspecified atom stereocenters. The Balaban J connectivity index is 2.33. The molecule has 0 aromatic rings. The minimum Gasteiger partial charge on any atom is -0.396 e. The monoisotopic (exact) mass is 156 g/mol. The minimum absolute atomic E-state index is 0.357. The highest BCUT2D eigenvalue weighted by atomic mass is 16.3. The maximum atomic E-state index is 8.91. The topological polar surface area (TPSA) is 20.2 Å². The second kappa shape index (κ2) is 3.57. The van der Waals surface area contributed by atoms with Crippen LogP contribution in [0.1, 0.15) is 46.0 Å². The minimum atomic E-state index is 0.357. The van der Waals surface area contributed by atoms with Gasteiger partial charge in [-0.3, -0.25) is 0 Å². The Hall–Kier alpha value is -0.0400. The summed E-state index contributed by atoms with van der Waals surface area (Å²) < 4.78 is 0. The lowest BCUT2D eigenvalue weighted by atomic mass is 9.80. The summed E-state index contributed by atoms with van der Waals surface area (Å²) in [5, 5.41) is 8.91. The van der Waals surface area contributed by atoms with Gasteiger partial charge in [0.2, 0.25) is 0 Å². The van der Waals surface area contributed by atoms with Crippen LogP contribution in [0.25, 0.3) is 0 Å². The largest absolute Gasteiger partial charge is 0.396 e. The maximum absolute atomic E-state index is 8.91. The van der Waals surface area contributed by atoms with E-state index in [0.29, 0.717) is 17.9 Å². The second-order valence-corrected chi connectivity index (χ2v) is 4.51. The van der Waals surface area contributed by atoms with Crippen molar-refractivity contribution in [1.29, 1.82) is 0 Å². The molecule has 0 aromatic heterocycles. The molecule has 1 saturated carbocycles. The Morgan fingerprint density at radius 2 is 1.91 bits per heavy atom.